The molecular weight excluding hydrogens is 412 g/mol. The molecule has 8 heteroatoms. The molecule has 1 amide bonds. The summed E-state index contributed by atoms with van der Waals surface area (Å²) < 4.78 is 1.79. The van der Waals surface area contributed by atoms with Crippen molar-refractivity contribution in [3.05, 3.63) is 88.2 Å². The van der Waals surface area contributed by atoms with E-state index >= 15 is 0 Å². The SMILES string of the molecule is Cc1nn(-c2ccc(Nc3ccc(NC(=O)c4ccccc4Cl)cc3)nn2)c(C)c1C. The number of hydrogen-bond acceptors (Lipinski definition) is 5. The maximum atomic E-state index is 12.4. The molecule has 2 N–H and O–H groups in total. The number of anilines is 3. The molecule has 0 atom stereocenters. The molecule has 0 aliphatic rings. The van der Waals surface area contributed by atoms with Crippen LogP contribution in [0.25, 0.3) is 5.82 Å². The van der Waals surface area contributed by atoms with Gasteiger partial charge in [-0.05, 0) is 74.9 Å². The Hall–Kier alpha value is -3.71. The molecule has 4 aromatic rings. The van der Waals surface area contributed by atoms with Gasteiger partial charge < -0.3 is 10.6 Å². The fourth-order valence-electron chi connectivity index (χ4n) is 3.08. The largest absolute Gasteiger partial charge is 0.339 e. The van der Waals surface area contributed by atoms with Gasteiger partial charge in [0.25, 0.3) is 5.91 Å². The number of aromatic nitrogens is 4. The zero-order valence-electron chi connectivity index (χ0n) is 17.3. The van der Waals surface area contributed by atoms with E-state index < -0.39 is 0 Å². The summed E-state index contributed by atoms with van der Waals surface area (Å²) in [7, 11) is 0. The summed E-state index contributed by atoms with van der Waals surface area (Å²) >= 11 is 6.08. The van der Waals surface area contributed by atoms with Crippen molar-refractivity contribution >= 4 is 34.7 Å². The smallest absolute Gasteiger partial charge is 0.257 e. The van der Waals surface area contributed by atoms with Gasteiger partial charge in [0.05, 0.1) is 16.3 Å². The second kappa shape index (κ2) is 8.57. The molecule has 0 aliphatic heterocycles. The van der Waals surface area contributed by atoms with Crippen LogP contribution >= 0.6 is 11.6 Å². The van der Waals surface area contributed by atoms with Crippen molar-refractivity contribution in [2.75, 3.05) is 10.6 Å². The summed E-state index contributed by atoms with van der Waals surface area (Å²) in [4.78, 5) is 12.4. The Kier molecular flexibility index (Phi) is 5.68. The van der Waals surface area contributed by atoms with Crippen molar-refractivity contribution in [2.45, 2.75) is 20.8 Å². The highest BCUT2D eigenvalue weighted by molar-refractivity contribution is 6.34. The third-order valence-electron chi connectivity index (χ3n) is 5.05. The summed E-state index contributed by atoms with van der Waals surface area (Å²) in [6.07, 6.45) is 0. The van der Waals surface area contributed by atoms with Crippen LogP contribution in [0.4, 0.5) is 17.2 Å². The van der Waals surface area contributed by atoms with Gasteiger partial charge in [-0.3, -0.25) is 4.79 Å². The Bertz CT molecular complexity index is 1230. The molecular formula is C23H21ClN6O. The zero-order chi connectivity index (χ0) is 22.0. The van der Waals surface area contributed by atoms with Gasteiger partial charge in [-0.15, -0.1) is 10.2 Å². The molecule has 2 heterocycles. The van der Waals surface area contributed by atoms with E-state index in [1.807, 2.05) is 45.0 Å². The number of carbonyl (C=O) groups excluding carboxylic acids is 1. The zero-order valence-corrected chi connectivity index (χ0v) is 18.1. The Balaban J connectivity index is 1.42. The van der Waals surface area contributed by atoms with Crippen molar-refractivity contribution in [3.63, 3.8) is 0 Å². The molecule has 31 heavy (non-hydrogen) atoms. The summed E-state index contributed by atoms with van der Waals surface area (Å²) in [5, 5.41) is 19.5. The van der Waals surface area contributed by atoms with Crippen LogP contribution < -0.4 is 10.6 Å². The number of rotatable bonds is 5. The minimum absolute atomic E-state index is 0.257. The summed E-state index contributed by atoms with van der Waals surface area (Å²) in [6, 6.07) is 17.9. The van der Waals surface area contributed by atoms with Gasteiger partial charge in [0.2, 0.25) is 0 Å². The number of nitrogens with one attached hydrogen (secondary N) is 2. The second-order valence-corrected chi connectivity index (χ2v) is 7.53. The van der Waals surface area contributed by atoms with Gasteiger partial charge in [-0.1, -0.05) is 23.7 Å². The lowest BCUT2D eigenvalue weighted by Crippen LogP contribution is -2.12. The summed E-state index contributed by atoms with van der Waals surface area (Å²) in [6.45, 7) is 6.02. The first-order valence-corrected chi connectivity index (χ1v) is 10.1. The van der Waals surface area contributed by atoms with E-state index in [4.69, 9.17) is 11.6 Å². The monoisotopic (exact) mass is 432 g/mol. The maximum Gasteiger partial charge on any atom is 0.257 e. The van der Waals surface area contributed by atoms with Gasteiger partial charge in [-0.2, -0.15) is 5.10 Å². The maximum absolute atomic E-state index is 12.4. The highest BCUT2D eigenvalue weighted by Gasteiger charge is 2.11. The van der Waals surface area contributed by atoms with Gasteiger partial charge >= 0.3 is 0 Å². The van der Waals surface area contributed by atoms with E-state index in [0.717, 1.165) is 22.6 Å². The number of halogens is 1. The molecule has 2 aromatic heterocycles. The van der Waals surface area contributed by atoms with Crippen LogP contribution in [0, 0.1) is 20.8 Å². The van der Waals surface area contributed by atoms with Crippen molar-refractivity contribution < 1.29 is 4.79 Å². The van der Waals surface area contributed by atoms with E-state index in [2.05, 4.69) is 25.9 Å². The van der Waals surface area contributed by atoms with Crippen LogP contribution in [0.3, 0.4) is 0 Å². The minimum Gasteiger partial charge on any atom is -0.339 e. The average Bonchev–Trinajstić information content (AvgIpc) is 3.03. The van der Waals surface area contributed by atoms with E-state index in [1.165, 1.54) is 0 Å². The third kappa shape index (κ3) is 4.41. The molecule has 0 spiro atoms. The molecule has 4 rings (SSSR count). The molecule has 0 saturated carbocycles. The molecule has 0 radical (unpaired) electrons. The lowest BCUT2D eigenvalue weighted by Gasteiger charge is -2.09. The van der Waals surface area contributed by atoms with E-state index in [1.54, 1.807) is 41.1 Å². The first-order valence-electron chi connectivity index (χ1n) is 9.72. The van der Waals surface area contributed by atoms with Crippen LogP contribution in [0.1, 0.15) is 27.3 Å². The van der Waals surface area contributed by atoms with Gasteiger partial charge in [0.15, 0.2) is 11.6 Å². The first kappa shape index (κ1) is 20.6. The number of nitrogens with zero attached hydrogens (tertiary/aromatic N) is 4. The highest BCUT2D eigenvalue weighted by Crippen LogP contribution is 2.21. The van der Waals surface area contributed by atoms with Crippen molar-refractivity contribution in [1.82, 2.24) is 20.0 Å². The normalized spacial score (nSPS) is 10.7. The number of benzene rings is 2. The predicted molar refractivity (Wildman–Crippen MR) is 122 cm³/mol. The van der Waals surface area contributed by atoms with E-state index in [9.17, 15) is 4.79 Å². The fourth-order valence-corrected chi connectivity index (χ4v) is 3.30. The molecule has 2 aromatic carbocycles. The summed E-state index contributed by atoms with van der Waals surface area (Å²) in [5.74, 6) is 1.01. The number of amides is 1. The van der Waals surface area contributed by atoms with Crippen LogP contribution in [0.15, 0.2) is 60.7 Å². The summed E-state index contributed by atoms with van der Waals surface area (Å²) in [5.41, 5.74) is 5.08. The second-order valence-electron chi connectivity index (χ2n) is 7.12. The van der Waals surface area contributed by atoms with Gasteiger partial charge in [-0.25, -0.2) is 4.68 Å². The van der Waals surface area contributed by atoms with Crippen molar-refractivity contribution in [3.8, 4) is 5.82 Å². The van der Waals surface area contributed by atoms with Crippen LogP contribution in [0.5, 0.6) is 0 Å². The Morgan fingerprint density at radius 2 is 1.61 bits per heavy atom. The standard InChI is InChI=1S/C23H21ClN6O/c1-14-15(2)29-30(16(14)3)22-13-12-21(27-28-22)25-17-8-10-18(11-9-17)26-23(31)19-6-4-5-7-20(19)24/h4-13H,1-3H3,(H,25,27)(H,26,31). The Labute approximate surface area is 185 Å². The average molecular weight is 433 g/mol. The number of hydrogen-bond donors (Lipinski definition) is 2. The number of aryl methyl sites for hydroxylation is 1. The van der Waals surface area contributed by atoms with Crippen molar-refractivity contribution in [2.24, 2.45) is 0 Å². The molecule has 0 saturated heterocycles. The first-order chi connectivity index (χ1) is 14.9. The number of carbonyl (C=O) groups is 1. The van der Waals surface area contributed by atoms with Crippen LogP contribution in [0.2, 0.25) is 5.02 Å². The van der Waals surface area contributed by atoms with E-state index in [0.29, 0.717) is 27.9 Å². The molecule has 0 unspecified atom stereocenters. The quantitative estimate of drug-likeness (QED) is 0.450. The van der Waals surface area contributed by atoms with Crippen molar-refractivity contribution in [1.29, 1.82) is 0 Å². The fraction of sp³-hybridized carbons (Fsp3) is 0.130. The molecule has 0 aliphatic carbocycles. The molecule has 156 valence electrons. The third-order valence-corrected chi connectivity index (χ3v) is 5.38. The van der Waals surface area contributed by atoms with Gasteiger partial charge in [0.1, 0.15) is 0 Å². The molecule has 0 fully saturated rings. The molecule has 7 nitrogen and oxygen atoms in total. The molecule has 0 bridgehead atoms. The lowest BCUT2D eigenvalue weighted by atomic mass is 10.2. The Morgan fingerprint density at radius 3 is 2.23 bits per heavy atom. The minimum atomic E-state index is -0.257. The van der Waals surface area contributed by atoms with Crippen LogP contribution in [-0.2, 0) is 0 Å². The van der Waals surface area contributed by atoms with Crippen LogP contribution in [-0.4, -0.2) is 25.9 Å². The predicted octanol–water partition coefficient (Wildman–Crippen LogP) is 5.24. The topological polar surface area (TPSA) is 84.7 Å². The van der Waals surface area contributed by atoms with Gasteiger partial charge in [0, 0.05) is 17.1 Å². The lowest BCUT2D eigenvalue weighted by molar-refractivity contribution is 0.102. The Morgan fingerprint density at radius 1 is 0.903 bits per heavy atom. The highest BCUT2D eigenvalue weighted by atomic mass is 35.5. The van der Waals surface area contributed by atoms with E-state index in [-0.39, 0.29) is 5.91 Å².